The monoisotopic (exact) mass is 303 g/mol. The van der Waals surface area contributed by atoms with Crippen molar-refractivity contribution in [3.63, 3.8) is 0 Å². The van der Waals surface area contributed by atoms with E-state index in [1.165, 1.54) is 0 Å². The molecule has 0 saturated heterocycles. The van der Waals surface area contributed by atoms with Crippen LogP contribution in [0.3, 0.4) is 0 Å². The first-order valence-corrected chi connectivity index (χ1v) is 7.02. The van der Waals surface area contributed by atoms with E-state index in [-0.39, 0.29) is 23.9 Å². The van der Waals surface area contributed by atoms with Gasteiger partial charge in [0.05, 0.1) is 12.0 Å². The molecule has 0 bridgehead atoms. The van der Waals surface area contributed by atoms with E-state index in [0.717, 1.165) is 11.3 Å². The molecule has 4 nitrogen and oxygen atoms in total. The predicted octanol–water partition coefficient (Wildman–Crippen LogP) is 2.79. The second-order valence-corrected chi connectivity index (χ2v) is 5.65. The first kappa shape index (κ1) is 13.9. The van der Waals surface area contributed by atoms with Gasteiger partial charge in [0.1, 0.15) is 5.75 Å². The maximum absolute atomic E-state index is 12.5. The molecular formula is C16H14ClNO3. The summed E-state index contributed by atoms with van der Waals surface area (Å²) >= 11 is 6.02. The van der Waals surface area contributed by atoms with Gasteiger partial charge >= 0.3 is 5.97 Å². The van der Waals surface area contributed by atoms with Crippen LogP contribution in [0.4, 0.5) is 0 Å². The predicted molar refractivity (Wildman–Crippen MR) is 80.0 cm³/mol. The van der Waals surface area contributed by atoms with E-state index >= 15 is 0 Å². The molecule has 1 aromatic carbocycles. The van der Waals surface area contributed by atoms with Crippen molar-refractivity contribution in [3.8, 4) is 5.75 Å². The van der Waals surface area contributed by atoms with Crippen molar-refractivity contribution in [2.45, 2.75) is 19.3 Å². The topological polar surface area (TPSA) is 48.3 Å². The van der Waals surface area contributed by atoms with Crippen molar-refractivity contribution >= 4 is 17.6 Å². The van der Waals surface area contributed by atoms with Gasteiger partial charge in [-0.3, -0.25) is 9.59 Å². The molecule has 1 atom stereocenters. The highest BCUT2D eigenvalue weighted by Crippen LogP contribution is 2.37. The van der Waals surface area contributed by atoms with Crippen LogP contribution >= 0.6 is 11.6 Å². The van der Waals surface area contributed by atoms with Crippen molar-refractivity contribution in [1.82, 2.24) is 4.57 Å². The second-order valence-electron chi connectivity index (χ2n) is 5.21. The molecule has 21 heavy (non-hydrogen) atoms. The number of rotatable bonds is 1. The lowest BCUT2D eigenvalue weighted by Gasteiger charge is -2.25. The molecule has 5 heteroatoms. The fourth-order valence-electron chi connectivity index (χ4n) is 2.66. The summed E-state index contributed by atoms with van der Waals surface area (Å²) in [4.78, 5) is 24.4. The molecule has 0 N–H and O–H groups in total. The van der Waals surface area contributed by atoms with E-state index in [4.69, 9.17) is 16.3 Å². The zero-order valence-electron chi connectivity index (χ0n) is 11.7. The van der Waals surface area contributed by atoms with E-state index in [1.54, 1.807) is 36.7 Å². The number of hydrogen-bond acceptors (Lipinski definition) is 3. The third kappa shape index (κ3) is 2.36. The van der Waals surface area contributed by atoms with E-state index in [2.05, 4.69) is 0 Å². The van der Waals surface area contributed by atoms with Gasteiger partial charge in [-0.2, -0.15) is 0 Å². The number of benzene rings is 1. The molecule has 108 valence electrons. The lowest BCUT2D eigenvalue weighted by molar-refractivity contribution is -0.135. The number of nitrogens with zero attached hydrogens (tertiary/aromatic N) is 1. The van der Waals surface area contributed by atoms with Gasteiger partial charge in [-0.1, -0.05) is 23.7 Å². The van der Waals surface area contributed by atoms with Crippen LogP contribution in [0.2, 0.25) is 5.02 Å². The largest absolute Gasteiger partial charge is 0.426 e. The van der Waals surface area contributed by atoms with Crippen molar-refractivity contribution in [1.29, 1.82) is 0 Å². The van der Waals surface area contributed by atoms with Gasteiger partial charge in [0.25, 0.3) is 5.56 Å². The summed E-state index contributed by atoms with van der Waals surface area (Å²) in [6, 6.07) is 8.97. The number of fused-ring (bicyclic) bond motifs is 1. The molecule has 0 amide bonds. The minimum absolute atomic E-state index is 0.137. The average molecular weight is 304 g/mol. The number of pyridine rings is 1. The number of esters is 1. The van der Waals surface area contributed by atoms with Crippen molar-refractivity contribution in [2.75, 3.05) is 0 Å². The Hall–Kier alpha value is -2.07. The normalized spacial score (nSPS) is 17.3. The zero-order chi connectivity index (χ0) is 15.1. The first-order valence-electron chi connectivity index (χ1n) is 6.64. The molecule has 1 aromatic heterocycles. The van der Waals surface area contributed by atoms with Crippen LogP contribution in [0.5, 0.6) is 5.75 Å². The standard InChI is InChI=1S/C16H14ClNO3/c1-9-6-13-15(16(20)18(9)2)12(8-14(19)21-13)10-4-3-5-11(17)7-10/h3-7,12H,8H2,1-2H3/t12-/m1/s1. The smallest absolute Gasteiger partial charge is 0.312 e. The molecule has 0 radical (unpaired) electrons. The number of aromatic nitrogens is 1. The maximum Gasteiger partial charge on any atom is 0.312 e. The molecule has 0 unspecified atom stereocenters. The molecule has 0 saturated carbocycles. The van der Waals surface area contributed by atoms with Gasteiger partial charge in [0.2, 0.25) is 0 Å². The summed E-state index contributed by atoms with van der Waals surface area (Å²) < 4.78 is 6.81. The minimum atomic E-state index is -0.333. The van der Waals surface area contributed by atoms with Gasteiger partial charge in [0, 0.05) is 29.7 Å². The number of hydrogen-bond donors (Lipinski definition) is 0. The van der Waals surface area contributed by atoms with Crippen LogP contribution in [0.1, 0.15) is 29.2 Å². The van der Waals surface area contributed by atoms with Crippen LogP contribution < -0.4 is 10.3 Å². The third-order valence-electron chi connectivity index (χ3n) is 3.86. The molecule has 1 aliphatic heterocycles. The van der Waals surface area contributed by atoms with Gasteiger partial charge < -0.3 is 9.30 Å². The van der Waals surface area contributed by atoms with Crippen molar-refractivity contribution in [3.05, 3.63) is 62.5 Å². The molecule has 2 heterocycles. The van der Waals surface area contributed by atoms with Crippen molar-refractivity contribution < 1.29 is 9.53 Å². The zero-order valence-corrected chi connectivity index (χ0v) is 12.5. The highest BCUT2D eigenvalue weighted by atomic mass is 35.5. The molecule has 2 aromatic rings. The Bertz CT molecular complexity index is 795. The van der Waals surface area contributed by atoms with Crippen LogP contribution in [0, 0.1) is 6.92 Å². The molecule has 0 aliphatic carbocycles. The quantitative estimate of drug-likeness (QED) is 0.761. The Balaban J connectivity index is 2.24. The van der Waals surface area contributed by atoms with Crippen molar-refractivity contribution in [2.24, 2.45) is 7.05 Å². The highest BCUT2D eigenvalue weighted by molar-refractivity contribution is 6.30. The Morgan fingerprint density at radius 2 is 2.05 bits per heavy atom. The summed E-state index contributed by atoms with van der Waals surface area (Å²) in [5.74, 6) is -0.295. The molecule has 3 rings (SSSR count). The number of halogens is 1. The molecule has 0 spiro atoms. The summed E-state index contributed by atoms with van der Waals surface area (Å²) in [7, 11) is 1.71. The Kier molecular flexibility index (Phi) is 3.33. The number of carbonyl (C=O) groups excluding carboxylic acids is 1. The van der Waals surface area contributed by atoms with Gasteiger partial charge in [0.15, 0.2) is 0 Å². The van der Waals surface area contributed by atoms with E-state index in [9.17, 15) is 9.59 Å². The second kappa shape index (κ2) is 5.04. The van der Waals surface area contributed by atoms with Crippen LogP contribution in [0.25, 0.3) is 0 Å². The van der Waals surface area contributed by atoms with Gasteiger partial charge in [-0.25, -0.2) is 0 Å². The maximum atomic E-state index is 12.5. The number of aryl methyl sites for hydroxylation is 1. The Morgan fingerprint density at radius 3 is 2.76 bits per heavy atom. The van der Waals surface area contributed by atoms with E-state index < -0.39 is 0 Å². The summed E-state index contributed by atoms with van der Waals surface area (Å²) in [5.41, 5.74) is 1.98. The summed E-state index contributed by atoms with van der Waals surface area (Å²) in [6.07, 6.45) is 0.144. The van der Waals surface area contributed by atoms with Gasteiger partial charge in [-0.15, -0.1) is 0 Å². The highest BCUT2D eigenvalue weighted by Gasteiger charge is 2.32. The number of ether oxygens (including phenoxy) is 1. The minimum Gasteiger partial charge on any atom is -0.426 e. The first-order chi connectivity index (χ1) is 9.97. The molecular weight excluding hydrogens is 290 g/mol. The summed E-state index contributed by atoms with van der Waals surface area (Å²) in [5, 5.41) is 0.580. The molecule has 1 aliphatic rings. The average Bonchev–Trinajstić information content (AvgIpc) is 2.44. The fourth-order valence-corrected chi connectivity index (χ4v) is 2.86. The van der Waals surface area contributed by atoms with Crippen LogP contribution in [-0.2, 0) is 11.8 Å². The van der Waals surface area contributed by atoms with E-state index in [1.807, 2.05) is 12.1 Å². The van der Waals surface area contributed by atoms with Crippen LogP contribution in [0.15, 0.2) is 35.1 Å². The van der Waals surface area contributed by atoms with E-state index in [0.29, 0.717) is 16.3 Å². The van der Waals surface area contributed by atoms with Gasteiger partial charge in [-0.05, 0) is 24.6 Å². The Labute approximate surface area is 126 Å². The number of carbonyl (C=O) groups is 1. The lowest BCUT2D eigenvalue weighted by Crippen LogP contribution is -2.31. The lowest BCUT2D eigenvalue weighted by atomic mass is 9.87. The SMILES string of the molecule is Cc1cc2c(c(=O)n1C)[C@@H](c1cccc(Cl)c1)CC(=O)O2. The third-order valence-corrected chi connectivity index (χ3v) is 4.10. The Morgan fingerprint density at radius 1 is 1.29 bits per heavy atom. The van der Waals surface area contributed by atoms with Crippen LogP contribution in [-0.4, -0.2) is 10.5 Å². The summed E-state index contributed by atoms with van der Waals surface area (Å²) in [6.45, 7) is 1.80. The molecule has 0 fully saturated rings. The fraction of sp³-hybridized carbons (Fsp3) is 0.250.